The summed E-state index contributed by atoms with van der Waals surface area (Å²) in [5.41, 5.74) is 0. The highest BCUT2D eigenvalue weighted by molar-refractivity contribution is 7.99. The van der Waals surface area contributed by atoms with E-state index in [0.717, 1.165) is 35.2 Å². The van der Waals surface area contributed by atoms with E-state index in [-0.39, 0.29) is 0 Å². The highest BCUT2D eigenvalue weighted by Crippen LogP contribution is 2.23. The Morgan fingerprint density at radius 2 is 2.22 bits per heavy atom. The van der Waals surface area contributed by atoms with E-state index in [1.165, 1.54) is 25.7 Å². The molecular formula is C13H24N4S. The number of aromatic nitrogens is 3. The third-order valence-electron chi connectivity index (χ3n) is 3.76. The van der Waals surface area contributed by atoms with Crippen molar-refractivity contribution in [2.75, 3.05) is 12.3 Å². The van der Waals surface area contributed by atoms with Gasteiger partial charge in [-0.05, 0) is 25.7 Å². The van der Waals surface area contributed by atoms with Crippen LogP contribution in [0.4, 0.5) is 0 Å². The van der Waals surface area contributed by atoms with Crippen molar-refractivity contribution in [3.63, 3.8) is 0 Å². The van der Waals surface area contributed by atoms with E-state index in [4.69, 9.17) is 0 Å². The Morgan fingerprint density at radius 3 is 2.89 bits per heavy atom. The minimum Gasteiger partial charge on any atom is -0.313 e. The van der Waals surface area contributed by atoms with Crippen LogP contribution in [0.3, 0.4) is 0 Å². The Bertz CT molecular complexity index is 377. The number of nitrogens with zero attached hydrogens (tertiary/aromatic N) is 3. The summed E-state index contributed by atoms with van der Waals surface area (Å²) in [4.78, 5) is 0. The maximum atomic E-state index is 4.16. The molecule has 5 heteroatoms. The lowest BCUT2D eigenvalue weighted by atomic mass is 9.87. The number of thioether (sulfide) groups is 1. The molecule has 0 amide bonds. The number of nitrogens with one attached hydrogen (secondary N) is 1. The fourth-order valence-electron chi connectivity index (χ4n) is 2.54. The average molecular weight is 268 g/mol. The molecule has 0 bridgehead atoms. The third kappa shape index (κ3) is 3.72. The van der Waals surface area contributed by atoms with Crippen LogP contribution in [0, 0.1) is 12.8 Å². The number of hydrogen-bond acceptors (Lipinski definition) is 4. The van der Waals surface area contributed by atoms with Crippen molar-refractivity contribution in [3.05, 3.63) is 5.82 Å². The quantitative estimate of drug-likeness (QED) is 0.658. The van der Waals surface area contributed by atoms with Crippen LogP contribution in [0.2, 0.25) is 0 Å². The Hall–Kier alpha value is -0.550. The first-order valence-corrected chi connectivity index (χ1v) is 7.87. The van der Waals surface area contributed by atoms with Gasteiger partial charge >= 0.3 is 0 Å². The van der Waals surface area contributed by atoms with Gasteiger partial charge in [-0.3, -0.25) is 0 Å². The first-order chi connectivity index (χ1) is 8.66. The van der Waals surface area contributed by atoms with Crippen LogP contribution in [-0.2, 0) is 7.05 Å². The predicted molar refractivity (Wildman–Crippen MR) is 75.9 cm³/mol. The Kier molecular flexibility index (Phi) is 5.06. The summed E-state index contributed by atoms with van der Waals surface area (Å²) in [7, 11) is 2.02. The first kappa shape index (κ1) is 13.9. The molecule has 0 aliphatic heterocycles. The number of aryl methyl sites for hydroxylation is 1. The molecule has 0 saturated heterocycles. The van der Waals surface area contributed by atoms with Gasteiger partial charge in [0.1, 0.15) is 5.82 Å². The maximum absolute atomic E-state index is 4.16. The summed E-state index contributed by atoms with van der Waals surface area (Å²) < 4.78 is 2.05. The van der Waals surface area contributed by atoms with Gasteiger partial charge in [-0.1, -0.05) is 31.5 Å². The van der Waals surface area contributed by atoms with Gasteiger partial charge in [-0.15, -0.1) is 10.2 Å². The van der Waals surface area contributed by atoms with Crippen molar-refractivity contribution in [1.29, 1.82) is 0 Å². The molecule has 1 N–H and O–H groups in total. The van der Waals surface area contributed by atoms with Crippen molar-refractivity contribution in [2.45, 2.75) is 50.7 Å². The van der Waals surface area contributed by atoms with E-state index in [1.807, 2.05) is 18.5 Å². The third-order valence-corrected chi connectivity index (χ3v) is 4.78. The van der Waals surface area contributed by atoms with Gasteiger partial charge in [0, 0.05) is 25.4 Å². The van der Waals surface area contributed by atoms with E-state index >= 15 is 0 Å². The Balaban J connectivity index is 1.65. The molecule has 1 aromatic rings. The zero-order chi connectivity index (χ0) is 13.0. The molecule has 2 unspecified atom stereocenters. The van der Waals surface area contributed by atoms with Crippen molar-refractivity contribution in [2.24, 2.45) is 13.0 Å². The molecule has 1 heterocycles. The molecule has 1 aliphatic rings. The Labute approximate surface area is 114 Å². The van der Waals surface area contributed by atoms with Gasteiger partial charge in [0.25, 0.3) is 0 Å². The fraction of sp³-hybridized carbons (Fsp3) is 0.846. The highest BCUT2D eigenvalue weighted by Gasteiger charge is 2.17. The van der Waals surface area contributed by atoms with Gasteiger partial charge in [-0.25, -0.2) is 0 Å². The van der Waals surface area contributed by atoms with Gasteiger partial charge in [0.2, 0.25) is 0 Å². The first-order valence-electron chi connectivity index (χ1n) is 6.89. The highest BCUT2D eigenvalue weighted by atomic mass is 32.2. The standard InChI is InChI=1S/C13H24N4S/c1-10-5-4-6-12(9-10)14-7-8-18-13-16-15-11(2)17(13)3/h10,12,14H,4-9H2,1-3H3. The van der Waals surface area contributed by atoms with Crippen LogP contribution in [0.1, 0.15) is 38.4 Å². The zero-order valence-electron chi connectivity index (χ0n) is 11.6. The molecule has 18 heavy (non-hydrogen) atoms. The molecule has 1 saturated carbocycles. The predicted octanol–water partition coefficient (Wildman–Crippen LogP) is 2.38. The smallest absolute Gasteiger partial charge is 0.190 e. The molecule has 1 aromatic heterocycles. The lowest BCUT2D eigenvalue weighted by Crippen LogP contribution is -2.34. The molecule has 1 fully saturated rings. The summed E-state index contributed by atoms with van der Waals surface area (Å²) >= 11 is 1.78. The average Bonchev–Trinajstić information content (AvgIpc) is 2.66. The lowest BCUT2D eigenvalue weighted by Gasteiger charge is -2.27. The lowest BCUT2D eigenvalue weighted by molar-refractivity contribution is 0.306. The second-order valence-corrected chi connectivity index (χ2v) is 6.42. The number of hydrogen-bond donors (Lipinski definition) is 1. The molecular weight excluding hydrogens is 244 g/mol. The fourth-order valence-corrected chi connectivity index (χ4v) is 3.37. The Morgan fingerprint density at radius 1 is 1.39 bits per heavy atom. The van der Waals surface area contributed by atoms with E-state index in [9.17, 15) is 0 Å². The van der Waals surface area contributed by atoms with E-state index < -0.39 is 0 Å². The van der Waals surface area contributed by atoms with E-state index in [1.54, 1.807) is 11.8 Å². The van der Waals surface area contributed by atoms with Gasteiger partial charge < -0.3 is 9.88 Å². The van der Waals surface area contributed by atoms with Gasteiger partial charge in [-0.2, -0.15) is 0 Å². The monoisotopic (exact) mass is 268 g/mol. The summed E-state index contributed by atoms with van der Waals surface area (Å²) in [5, 5.41) is 12.9. The summed E-state index contributed by atoms with van der Waals surface area (Å²) in [6.07, 6.45) is 5.48. The molecule has 0 aromatic carbocycles. The zero-order valence-corrected chi connectivity index (χ0v) is 12.5. The largest absolute Gasteiger partial charge is 0.313 e. The minimum absolute atomic E-state index is 0.732. The van der Waals surface area contributed by atoms with Crippen LogP contribution in [-0.4, -0.2) is 33.1 Å². The summed E-state index contributed by atoms with van der Waals surface area (Å²) in [6, 6.07) is 0.732. The van der Waals surface area contributed by atoms with Gasteiger partial charge in [0.05, 0.1) is 0 Å². The maximum Gasteiger partial charge on any atom is 0.190 e. The van der Waals surface area contributed by atoms with Gasteiger partial charge in [0.15, 0.2) is 5.16 Å². The summed E-state index contributed by atoms with van der Waals surface area (Å²) in [6.45, 7) is 5.41. The second-order valence-electron chi connectivity index (χ2n) is 5.36. The molecule has 4 nitrogen and oxygen atoms in total. The van der Waals surface area contributed by atoms with Crippen LogP contribution in [0.5, 0.6) is 0 Å². The number of rotatable bonds is 5. The second kappa shape index (κ2) is 6.57. The topological polar surface area (TPSA) is 42.7 Å². The van der Waals surface area contributed by atoms with Crippen LogP contribution >= 0.6 is 11.8 Å². The molecule has 2 rings (SSSR count). The summed E-state index contributed by atoms with van der Waals surface area (Å²) in [5.74, 6) is 2.94. The normalized spacial score (nSPS) is 24.4. The van der Waals surface area contributed by atoms with Crippen molar-refractivity contribution < 1.29 is 0 Å². The van der Waals surface area contributed by atoms with Crippen LogP contribution in [0.25, 0.3) is 0 Å². The van der Waals surface area contributed by atoms with E-state index in [2.05, 4.69) is 22.4 Å². The van der Waals surface area contributed by atoms with Crippen LogP contribution in [0.15, 0.2) is 5.16 Å². The van der Waals surface area contributed by atoms with Crippen LogP contribution < -0.4 is 5.32 Å². The molecule has 0 radical (unpaired) electrons. The SMILES string of the molecule is Cc1nnc(SCCNC2CCCC(C)C2)n1C. The molecule has 1 aliphatic carbocycles. The van der Waals surface area contributed by atoms with Crippen molar-refractivity contribution >= 4 is 11.8 Å². The van der Waals surface area contributed by atoms with Crippen molar-refractivity contribution in [1.82, 2.24) is 20.1 Å². The molecule has 2 atom stereocenters. The molecule has 102 valence electrons. The molecule has 0 spiro atoms. The van der Waals surface area contributed by atoms with Crippen molar-refractivity contribution in [3.8, 4) is 0 Å². The minimum atomic E-state index is 0.732. The van der Waals surface area contributed by atoms with E-state index in [0.29, 0.717) is 0 Å².